The number of nitro groups is 1. The van der Waals surface area contributed by atoms with Crippen molar-refractivity contribution in [2.75, 3.05) is 18.8 Å². The monoisotopic (exact) mass is 315 g/mol. The third-order valence-corrected chi connectivity index (χ3v) is 4.82. The van der Waals surface area contributed by atoms with Crippen LogP contribution in [0.2, 0.25) is 5.15 Å². The van der Waals surface area contributed by atoms with Gasteiger partial charge in [0.05, 0.1) is 10.5 Å². The minimum absolute atomic E-state index is 0.00637. The Morgan fingerprint density at radius 2 is 2.45 bits per heavy atom. The van der Waals surface area contributed by atoms with Crippen LogP contribution in [-0.2, 0) is 0 Å². The van der Waals surface area contributed by atoms with Crippen LogP contribution in [0.15, 0.2) is 12.3 Å². The summed E-state index contributed by atoms with van der Waals surface area (Å²) < 4.78 is 0. The molecule has 2 heterocycles. The lowest BCUT2D eigenvalue weighted by Crippen LogP contribution is -2.41. The number of carbonyl (C=O) groups excluding carboxylic acids is 1. The third-order valence-electron chi connectivity index (χ3n) is 3.15. The molecule has 1 aromatic rings. The molecule has 108 valence electrons. The molecule has 1 aliphatic heterocycles. The standard InChI is InChI=1S/C12H14ClN3O3S/c1-2-9-7-15(3-4-20-9)12(17)10-5-8(16(18)19)6-14-11(10)13/h5-6,9H,2-4,7H2,1H3. The van der Waals surface area contributed by atoms with Gasteiger partial charge in [-0.3, -0.25) is 14.9 Å². The van der Waals surface area contributed by atoms with E-state index in [-0.39, 0.29) is 22.3 Å². The van der Waals surface area contributed by atoms with Gasteiger partial charge < -0.3 is 4.90 Å². The third kappa shape index (κ3) is 3.21. The van der Waals surface area contributed by atoms with E-state index in [4.69, 9.17) is 11.6 Å². The average Bonchev–Trinajstić information content (AvgIpc) is 2.46. The first-order valence-corrected chi connectivity index (χ1v) is 7.66. The van der Waals surface area contributed by atoms with Crippen LogP contribution in [0.1, 0.15) is 23.7 Å². The number of nitrogens with zero attached hydrogens (tertiary/aromatic N) is 3. The number of amides is 1. The SMILES string of the molecule is CCC1CN(C(=O)c2cc([N+](=O)[O-])cnc2Cl)CCS1. The largest absolute Gasteiger partial charge is 0.337 e. The first-order valence-electron chi connectivity index (χ1n) is 6.23. The van der Waals surface area contributed by atoms with Crippen LogP contribution in [-0.4, -0.2) is 44.8 Å². The van der Waals surface area contributed by atoms with Gasteiger partial charge in [0, 0.05) is 30.2 Å². The van der Waals surface area contributed by atoms with Crippen molar-refractivity contribution in [2.24, 2.45) is 0 Å². The van der Waals surface area contributed by atoms with Crippen molar-refractivity contribution in [1.29, 1.82) is 0 Å². The zero-order chi connectivity index (χ0) is 14.7. The summed E-state index contributed by atoms with van der Waals surface area (Å²) in [6, 6.07) is 1.19. The number of hydrogen-bond acceptors (Lipinski definition) is 5. The summed E-state index contributed by atoms with van der Waals surface area (Å²) in [5, 5.41) is 11.2. The van der Waals surface area contributed by atoms with Crippen molar-refractivity contribution in [3.8, 4) is 0 Å². The molecule has 0 aliphatic carbocycles. The Morgan fingerprint density at radius 1 is 1.70 bits per heavy atom. The van der Waals surface area contributed by atoms with Crippen LogP contribution in [0.4, 0.5) is 5.69 Å². The average molecular weight is 316 g/mol. The molecule has 0 bridgehead atoms. The molecule has 1 amide bonds. The summed E-state index contributed by atoms with van der Waals surface area (Å²) in [6.07, 6.45) is 2.04. The molecule has 0 N–H and O–H groups in total. The lowest BCUT2D eigenvalue weighted by Gasteiger charge is -2.32. The predicted octanol–water partition coefficient (Wildman–Crippen LogP) is 2.61. The lowest BCUT2D eigenvalue weighted by molar-refractivity contribution is -0.385. The van der Waals surface area contributed by atoms with Crippen LogP contribution >= 0.6 is 23.4 Å². The summed E-state index contributed by atoms with van der Waals surface area (Å²) in [5.41, 5.74) is -0.126. The highest BCUT2D eigenvalue weighted by Gasteiger charge is 2.26. The number of aromatic nitrogens is 1. The number of rotatable bonds is 3. The molecular weight excluding hydrogens is 302 g/mol. The Kier molecular flexibility index (Phi) is 4.82. The molecule has 1 saturated heterocycles. The van der Waals surface area contributed by atoms with Crippen LogP contribution in [0.5, 0.6) is 0 Å². The number of pyridine rings is 1. The summed E-state index contributed by atoms with van der Waals surface area (Å²) in [5.74, 6) is 0.578. The van der Waals surface area contributed by atoms with Crippen molar-refractivity contribution in [3.05, 3.63) is 33.1 Å². The molecule has 1 aromatic heterocycles. The van der Waals surface area contributed by atoms with Gasteiger partial charge in [-0.1, -0.05) is 18.5 Å². The number of halogens is 1. The van der Waals surface area contributed by atoms with E-state index < -0.39 is 4.92 Å². The Hall–Kier alpha value is -1.34. The van der Waals surface area contributed by atoms with E-state index in [1.807, 2.05) is 11.8 Å². The van der Waals surface area contributed by atoms with E-state index in [1.54, 1.807) is 4.90 Å². The zero-order valence-corrected chi connectivity index (χ0v) is 12.5. The fraction of sp³-hybridized carbons (Fsp3) is 0.500. The fourth-order valence-electron chi connectivity index (χ4n) is 2.01. The maximum atomic E-state index is 12.4. The molecule has 1 unspecified atom stereocenters. The van der Waals surface area contributed by atoms with Gasteiger partial charge in [-0.15, -0.1) is 0 Å². The summed E-state index contributed by atoms with van der Waals surface area (Å²) in [7, 11) is 0. The molecule has 0 saturated carbocycles. The van der Waals surface area contributed by atoms with Gasteiger partial charge in [0.1, 0.15) is 11.3 Å². The highest BCUT2D eigenvalue weighted by Crippen LogP contribution is 2.25. The molecule has 20 heavy (non-hydrogen) atoms. The van der Waals surface area contributed by atoms with Crippen molar-refractivity contribution in [1.82, 2.24) is 9.88 Å². The Morgan fingerprint density at radius 3 is 3.10 bits per heavy atom. The Balaban J connectivity index is 2.24. The van der Waals surface area contributed by atoms with Gasteiger partial charge in [-0.2, -0.15) is 11.8 Å². The van der Waals surface area contributed by atoms with Gasteiger partial charge in [0.25, 0.3) is 11.6 Å². The first-order chi connectivity index (χ1) is 9.52. The maximum absolute atomic E-state index is 12.4. The second-order valence-electron chi connectivity index (χ2n) is 4.44. The molecule has 1 atom stereocenters. The van der Waals surface area contributed by atoms with Crippen LogP contribution in [0.3, 0.4) is 0 Å². The van der Waals surface area contributed by atoms with E-state index in [9.17, 15) is 14.9 Å². The zero-order valence-electron chi connectivity index (χ0n) is 10.9. The molecule has 0 aromatic carbocycles. The van der Waals surface area contributed by atoms with Gasteiger partial charge in [0.15, 0.2) is 0 Å². The minimum Gasteiger partial charge on any atom is -0.337 e. The van der Waals surface area contributed by atoms with E-state index in [1.165, 1.54) is 6.07 Å². The van der Waals surface area contributed by atoms with Crippen molar-refractivity contribution < 1.29 is 9.72 Å². The molecule has 0 spiro atoms. The maximum Gasteiger partial charge on any atom is 0.288 e. The highest BCUT2D eigenvalue weighted by molar-refractivity contribution is 8.00. The summed E-state index contributed by atoms with van der Waals surface area (Å²) in [6.45, 7) is 3.34. The molecule has 2 rings (SSSR count). The fourth-order valence-corrected chi connectivity index (χ4v) is 3.37. The quantitative estimate of drug-likeness (QED) is 0.487. The van der Waals surface area contributed by atoms with Crippen LogP contribution in [0, 0.1) is 10.1 Å². The number of hydrogen-bond donors (Lipinski definition) is 0. The summed E-state index contributed by atoms with van der Waals surface area (Å²) >= 11 is 7.74. The van der Waals surface area contributed by atoms with E-state index in [0.29, 0.717) is 18.3 Å². The predicted molar refractivity (Wildman–Crippen MR) is 78.3 cm³/mol. The normalized spacial score (nSPS) is 18.9. The number of carbonyl (C=O) groups is 1. The molecule has 1 aliphatic rings. The van der Waals surface area contributed by atoms with E-state index >= 15 is 0 Å². The molecule has 8 heteroatoms. The van der Waals surface area contributed by atoms with Crippen LogP contribution in [0.25, 0.3) is 0 Å². The molecule has 6 nitrogen and oxygen atoms in total. The second-order valence-corrected chi connectivity index (χ2v) is 6.21. The molecular formula is C12H14ClN3O3S. The van der Waals surface area contributed by atoms with Crippen molar-refractivity contribution >= 4 is 35.0 Å². The van der Waals surface area contributed by atoms with Crippen molar-refractivity contribution in [2.45, 2.75) is 18.6 Å². The second kappa shape index (κ2) is 6.41. The minimum atomic E-state index is -0.582. The first kappa shape index (κ1) is 15.1. The van der Waals surface area contributed by atoms with Crippen LogP contribution < -0.4 is 0 Å². The van der Waals surface area contributed by atoms with Gasteiger partial charge in [-0.05, 0) is 6.42 Å². The van der Waals surface area contributed by atoms with Crippen molar-refractivity contribution in [3.63, 3.8) is 0 Å². The Labute approximate surface area is 125 Å². The smallest absolute Gasteiger partial charge is 0.288 e. The Bertz CT molecular complexity index is 541. The summed E-state index contributed by atoms with van der Waals surface area (Å²) in [4.78, 5) is 28.0. The number of thioether (sulfide) groups is 1. The molecule has 0 radical (unpaired) electrons. The van der Waals surface area contributed by atoms with Gasteiger partial charge in [-0.25, -0.2) is 4.98 Å². The topological polar surface area (TPSA) is 76.3 Å². The van der Waals surface area contributed by atoms with E-state index in [2.05, 4.69) is 11.9 Å². The lowest BCUT2D eigenvalue weighted by atomic mass is 10.2. The molecule has 1 fully saturated rings. The van der Waals surface area contributed by atoms with E-state index in [0.717, 1.165) is 18.4 Å². The van der Waals surface area contributed by atoms with Gasteiger partial charge >= 0.3 is 0 Å². The highest BCUT2D eigenvalue weighted by atomic mass is 35.5. The van der Waals surface area contributed by atoms with Gasteiger partial charge in [0.2, 0.25) is 0 Å².